The molecule has 3 N–H and O–H groups in total. The Hall–Kier alpha value is -1.51. The zero-order valence-corrected chi connectivity index (χ0v) is 11.5. The minimum absolute atomic E-state index is 0.00917. The largest absolute Gasteiger partial charge is 0.406 e. The summed E-state index contributed by atoms with van der Waals surface area (Å²) >= 11 is 0.944. The van der Waals surface area contributed by atoms with Gasteiger partial charge in [0.15, 0.2) is 5.13 Å². The van der Waals surface area contributed by atoms with E-state index in [2.05, 4.69) is 10.3 Å². The summed E-state index contributed by atoms with van der Waals surface area (Å²) in [4.78, 5) is 16.3. The predicted octanol–water partition coefficient (Wildman–Crippen LogP) is 2.18. The molecular formula is C10H15F3N4OS. The van der Waals surface area contributed by atoms with Gasteiger partial charge in [-0.25, -0.2) is 4.98 Å². The van der Waals surface area contributed by atoms with Crippen LogP contribution in [0.4, 0.5) is 24.1 Å². The maximum Gasteiger partial charge on any atom is 0.406 e. The summed E-state index contributed by atoms with van der Waals surface area (Å²) in [6, 6.07) is 0.0846. The van der Waals surface area contributed by atoms with E-state index in [-0.39, 0.29) is 16.7 Å². The number of nitrogens with two attached hydrogens (primary N) is 1. The number of nitrogens with zero attached hydrogens (tertiary/aromatic N) is 2. The number of halogens is 3. The highest BCUT2D eigenvalue weighted by molar-refractivity contribution is 7.18. The molecule has 0 radical (unpaired) electrons. The highest BCUT2D eigenvalue weighted by Gasteiger charge is 2.32. The SMILES string of the molecule is CC(C)Nc1nc(N)c(C(=O)N(C)CC(F)(F)F)s1. The number of anilines is 2. The topological polar surface area (TPSA) is 71.2 Å². The Morgan fingerprint density at radius 1 is 1.53 bits per heavy atom. The summed E-state index contributed by atoms with van der Waals surface area (Å²) in [5, 5.41) is 3.36. The Bertz CT molecular complexity index is 458. The van der Waals surface area contributed by atoms with Crippen molar-refractivity contribution in [2.24, 2.45) is 0 Å². The smallest absolute Gasteiger partial charge is 0.382 e. The molecule has 0 spiro atoms. The van der Waals surface area contributed by atoms with Gasteiger partial charge in [-0.1, -0.05) is 11.3 Å². The summed E-state index contributed by atoms with van der Waals surface area (Å²) in [7, 11) is 1.07. The molecule has 0 saturated heterocycles. The quantitative estimate of drug-likeness (QED) is 0.893. The van der Waals surface area contributed by atoms with E-state index in [1.54, 1.807) is 0 Å². The van der Waals surface area contributed by atoms with Crippen LogP contribution in [-0.2, 0) is 0 Å². The Balaban J connectivity index is 2.85. The molecule has 5 nitrogen and oxygen atoms in total. The first-order valence-corrected chi connectivity index (χ1v) is 6.27. The molecule has 1 amide bonds. The minimum atomic E-state index is -4.44. The van der Waals surface area contributed by atoms with Gasteiger partial charge in [0.1, 0.15) is 17.2 Å². The van der Waals surface area contributed by atoms with Crippen molar-refractivity contribution in [1.29, 1.82) is 0 Å². The Kier molecular flexibility index (Phi) is 4.61. The summed E-state index contributed by atoms with van der Waals surface area (Å²) in [5.41, 5.74) is 5.55. The maximum atomic E-state index is 12.2. The zero-order chi connectivity index (χ0) is 14.8. The number of thiazole rings is 1. The van der Waals surface area contributed by atoms with Crippen LogP contribution in [0.1, 0.15) is 23.5 Å². The lowest BCUT2D eigenvalue weighted by Crippen LogP contribution is -2.35. The number of amides is 1. The van der Waals surface area contributed by atoms with Gasteiger partial charge in [0.25, 0.3) is 5.91 Å². The fraction of sp³-hybridized carbons (Fsp3) is 0.600. The van der Waals surface area contributed by atoms with Crippen molar-refractivity contribution >= 4 is 28.2 Å². The van der Waals surface area contributed by atoms with E-state index in [1.807, 2.05) is 13.8 Å². The van der Waals surface area contributed by atoms with E-state index in [4.69, 9.17) is 5.73 Å². The summed E-state index contributed by atoms with van der Waals surface area (Å²) in [6.45, 7) is 2.42. The molecule has 19 heavy (non-hydrogen) atoms. The molecule has 0 saturated carbocycles. The van der Waals surface area contributed by atoms with Crippen LogP contribution in [-0.4, -0.2) is 41.6 Å². The monoisotopic (exact) mass is 296 g/mol. The molecule has 0 aromatic carbocycles. The van der Waals surface area contributed by atoms with Crippen molar-refractivity contribution in [2.75, 3.05) is 24.6 Å². The van der Waals surface area contributed by atoms with Crippen LogP contribution in [0.3, 0.4) is 0 Å². The molecule has 9 heteroatoms. The Morgan fingerprint density at radius 3 is 2.58 bits per heavy atom. The second-order valence-electron chi connectivity index (χ2n) is 4.31. The van der Waals surface area contributed by atoms with Crippen LogP contribution in [0, 0.1) is 0 Å². The number of rotatable bonds is 4. The third-order valence-electron chi connectivity index (χ3n) is 2.02. The van der Waals surface area contributed by atoms with Crippen LogP contribution in [0.2, 0.25) is 0 Å². The third-order valence-corrected chi connectivity index (χ3v) is 3.01. The Labute approximate surface area is 112 Å². The molecule has 1 aromatic rings. The summed E-state index contributed by atoms with van der Waals surface area (Å²) < 4.78 is 36.6. The fourth-order valence-electron chi connectivity index (χ4n) is 1.31. The van der Waals surface area contributed by atoms with E-state index in [0.717, 1.165) is 18.4 Å². The van der Waals surface area contributed by atoms with E-state index >= 15 is 0 Å². The summed E-state index contributed by atoms with van der Waals surface area (Å²) in [6.07, 6.45) is -4.44. The van der Waals surface area contributed by atoms with E-state index in [9.17, 15) is 18.0 Å². The van der Waals surface area contributed by atoms with Crippen molar-refractivity contribution in [3.63, 3.8) is 0 Å². The molecule has 0 aliphatic rings. The van der Waals surface area contributed by atoms with Crippen LogP contribution in [0.15, 0.2) is 0 Å². The molecule has 1 rings (SSSR count). The first-order chi connectivity index (χ1) is 8.60. The molecule has 0 aliphatic heterocycles. The molecule has 0 fully saturated rings. The standard InChI is InChI=1S/C10H15F3N4OS/c1-5(2)15-9-16-7(14)6(19-9)8(18)17(3)4-10(11,12)13/h5H,4,14H2,1-3H3,(H,15,16). The van der Waals surface area contributed by atoms with Crippen LogP contribution in [0.25, 0.3) is 0 Å². The average Bonchev–Trinajstić information content (AvgIpc) is 2.54. The van der Waals surface area contributed by atoms with Gasteiger partial charge in [0.2, 0.25) is 0 Å². The second kappa shape index (κ2) is 5.64. The number of hydrogen-bond donors (Lipinski definition) is 2. The van der Waals surface area contributed by atoms with Gasteiger partial charge in [-0.05, 0) is 13.8 Å². The lowest BCUT2D eigenvalue weighted by atomic mass is 10.4. The maximum absolute atomic E-state index is 12.2. The number of nitrogen functional groups attached to an aromatic ring is 1. The highest BCUT2D eigenvalue weighted by atomic mass is 32.1. The van der Waals surface area contributed by atoms with Gasteiger partial charge in [-0.2, -0.15) is 13.2 Å². The highest BCUT2D eigenvalue weighted by Crippen LogP contribution is 2.27. The second-order valence-corrected chi connectivity index (χ2v) is 5.31. The van der Waals surface area contributed by atoms with Gasteiger partial charge in [-0.3, -0.25) is 4.79 Å². The molecule has 1 heterocycles. The zero-order valence-electron chi connectivity index (χ0n) is 10.7. The van der Waals surface area contributed by atoms with Gasteiger partial charge in [0.05, 0.1) is 0 Å². The van der Waals surface area contributed by atoms with Gasteiger partial charge >= 0.3 is 6.18 Å². The van der Waals surface area contributed by atoms with Crippen LogP contribution in [0.5, 0.6) is 0 Å². The molecular weight excluding hydrogens is 281 g/mol. The van der Waals surface area contributed by atoms with Crippen LogP contribution < -0.4 is 11.1 Å². The Morgan fingerprint density at radius 2 is 2.11 bits per heavy atom. The first kappa shape index (κ1) is 15.5. The third kappa shape index (κ3) is 4.58. The fourth-order valence-corrected chi connectivity index (χ4v) is 2.33. The van der Waals surface area contributed by atoms with Gasteiger partial charge < -0.3 is 16.0 Å². The van der Waals surface area contributed by atoms with Crippen molar-refractivity contribution in [2.45, 2.75) is 26.1 Å². The molecule has 0 aliphatic carbocycles. The average molecular weight is 296 g/mol. The van der Waals surface area contributed by atoms with Crippen LogP contribution >= 0.6 is 11.3 Å². The van der Waals surface area contributed by atoms with E-state index in [0.29, 0.717) is 10.0 Å². The molecule has 0 atom stereocenters. The van der Waals surface area contributed by atoms with Crippen molar-refractivity contribution in [1.82, 2.24) is 9.88 Å². The molecule has 108 valence electrons. The van der Waals surface area contributed by atoms with E-state index < -0.39 is 18.6 Å². The van der Waals surface area contributed by atoms with Gasteiger partial charge in [-0.15, -0.1) is 0 Å². The number of aromatic nitrogens is 1. The van der Waals surface area contributed by atoms with E-state index in [1.165, 1.54) is 0 Å². The lowest BCUT2D eigenvalue weighted by Gasteiger charge is -2.18. The number of hydrogen-bond acceptors (Lipinski definition) is 5. The first-order valence-electron chi connectivity index (χ1n) is 5.45. The van der Waals surface area contributed by atoms with Crippen molar-refractivity contribution in [3.05, 3.63) is 4.88 Å². The summed E-state index contributed by atoms with van der Waals surface area (Å²) in [5.74, 6) is -0.851. The minimum Gasteiger partial charge on any atom is -0.382 e. The number of carbonyl (C=O) groups is 1. The normalized spacial score (nSPS) is 11.7. The number of nitrogens with one attached hydrogen (secondary N) is 1. The number of carbonyl (C=O) groups excluding carboxylic acids is 1. The van der Waals surface area contributed by atoms with Crippen molar-refractivity contribution < 1.29 is 18.0 Å². The van der Waals surface area contributed by atoms with Crippen molar-refractivity contribution in [3.8, 4) is 0 Å². The molecule has 0 bridgehead atoms. The molecule has 0 unspecified atom stereocenters. The molecule has 1 aromatic heterocycles. The lowest BCUT2D eigenvalue weighted by molar-refractivity contribution is -0.138. The van der Waals surface area contributed by atoms with Gasteiger partial charge in [0, 0.05) is 13.1 Å². The number of alkyl halides is 3. The predicted molar refractivity (Wildman–Crippen MR) is 68.3 cm³/mol.